The first-order valence-corrected chi connectivity index (χ1v) is 2.74. The summed E-state index contributed by atoms with van der Waals surface area (Å²) in [6.45, 7) is 0.0777. The fourth-order valence-electron chi connectivity index (χ4n) is 0.611. The molecular formula is C6H8ClFN2O. The molecule has 2 N–H and O–H groups in total. The zero-order valence-electron chi connectivity index (χ0n) is 5.66. The topological polar surface area (TPSA) is 48.1 Å². The molecule has 0 aromatic carbocycles. The van der Waals surface area contributed by atoms with Crippen LogP contribution in [0.15, 0.2) is 18.5 Å². The van der Waals surface area contributed by atoms with Gasteiger partial charge in [-0.2, -0.15) is 0 Å². The highest BCUT2D eigenvalue weighted by Gasteiger charge is 1.98. The Balaban J connectivity index is 0.000001000. The van der Waals surface area contributed by atoms with Crippen LogP contribution in [-0.4, -0.2) is 4.98 Å². The summed E-state index contributed by atoms with van der Waals surface area (Å²) >= 11 is 0. The van der Waals surface area contributed by atoms with Gasteiger partial charge in [-0.3, -0.25) is 9.82 Å². The van der Waals surface area contributed by atoms with Crippen molar-refractivity contribution in [2.75, 3.05) is 0 Å². The lowest BCUT2D eigenvalue weighted by molar-refractivity contribution is 0.121. The molecule has 1 aromatic rings. The molecule has 0 aliphatic carbocycles. The Hall–Kier alpha value is -0.710. The minimum Gasteiger partial charge on any atom is -0.300 e. The van der Waals surface area contributed by atoms with Gasteiger partial charge in [-0.15, -0.1) is 12.4 Å². The van der Waals surface area contributed by atoms with Gasteiger partial charge in [-0.25, -0.2) is 10.3 Å². The third-order valence-corrected chi connectivity index (χ3v) is 1.10. The molecule has 0 amide bonds. The van der Waals surface area contributed by atoms with E-state index in [1.165, 1.54) is 12.3 Å². The summed E-state index contributed by atoms with van der Waals surface area (Å²) in [7, 11) is 0. The predicted molar refractivity (Wildman–Crippen MR) is 40.4 cm³/mol. The summed E-state index contributed by atoms with van der Waals surface area (Å²) < 4.78 is 12.6. The van der Waals surface area contributed by atoms with Gasteiger partial charge in [0.1, 0.15) is 5.82 Å². The third-order valence-electron chi connectivity index (χ3n) is 1.10. The fourth-order valence-corrected chi connectivity index (χ4v) is 0.611. The largest absolute Gasteiger partial charge is 0.300 e. The van der Waals surface area contributed by atoms with Crippen LogP contribution in [0.4, 0.5) is 4.39 Å². The van der Waals surface area contributed by atoms with Gasteiger partial charge in [-0.1, -0.05) is 0 Å². The molecule has 3 nitrogen and oxygen atoms in total. The molecule has 5 heteroatoms. The van der Waals surface area contributed by atoms with Crippen molar-refractivity contribution >= 4 is 12.4 Å². The molecule has 0 bridgehead atoms. The second kappa shape index (κ2) is 5.01. The lowest BCUT2D eigenvalue weighted by Crippen LogP contribution is -2.00. The number of pyridine rings is 1. The van der Waals surface area contributed by atoms with E-state index in [0.29, 0.717) is 5.56 Å². The zero-order chi connectivity index (χ0) is 7.40. The highest BCUT2D eigenvalue weighted by molar-refractivity contribution is 5.85. The monoisotopic (exact) mass is 178 g/mol. The Kier molecular flexibility index (Phi) is 4.69. The molecule has 0 atom stereocenters. The van der Waals surface area contributed by atoms with Crippen molar-refractivity contribution in [3.63, 3.8) is 0 Å². The minimum atomic E-state index is -0.395. The van der Waals surface area contributed by atoms with Crippen LogP contribution in [0, 0.1) is 5.82 Å². The maximum absolute atomic E-state index is 12.6. The van der Waals surface area contributed by atoms with Crippen molar-refractivity contribution in [3.05, 3.63) is 29.8 Å². The van der Waals surface area contributed by atoms with Gasteiger partial charge in [0.2, 0.25) is 0 Å². The van der Waals surface area contributed by atoms with Crippen LogP contribution >= 0.6 is 12.4 Å². The summed E-state index contributed by atoms with van der Waals surface area (Å²) in [6, 6.07) is 1.52. The second-order valence-corrected chi connectivity index (χ2v) is 1.78. The van der Waals surface area contributed by atoms with Crippen LogP contribution in [0.5, 0.6) is 0 Å². The van der Waals surface area contributed by atoms with Crippen molar-refractivity contribution in [1.29, 1.82) is 0 Å². The highest BCUT2D eigenvalue weighted by Crippen LogP contribution is 2.03. The number of aromatic nitrogens is 1. The SMILES string of the molecule is Cl.NOCc1ccncc1F. The van der Waals surface area contributed by atoms with Gasteiger partial charge >= 0.3 is 0 Å². The van der Waals surface area contributed by atoms with Crippen LogP contribution in [0.1, 0.15) is 5.56 Å². The lowest BCUT2D eigenvalue weighted by Gasteiger charge is -1.97. The minimum absolute atomic E-state index is 0. The molecular weight excluding hydrogens is 171 g/mol. The predicted octanol–water partition coefficient (Wildman–Crippen LogP) is 1.03. The van der Waals surface area contributed by atoms with E-state index < -0.39 is 5.82 Å². The molecule has 62 valence electrons. The van der Waals surface area contributed by atoms with Crippen molar-refractivity contribution in [2.24, 2.45) is 5.90 Å². The molecule has 1 heterocycles. The zero-order valence-corrected chi connectivity index (χ0v) is 6.47. The van der Waals surface area contributed by atoms with Crippen molar-refractivity contribution in [3.8, 4) is 0 Å². The molecule has 0 radical (unpaired) electrons. The molecule has 1 rings (SSSR count). The van der Waals surface area contributed by atoms with Crippen LogP contribution in [-0.2, 0) is 11.4 Å². The average molecular weight is 179 g/mol. The number of nitrogens with two attached hydrogens (primary N) is 1. The van der Waals surface area contributed by atoms with E-state index >= 15 is 0 Å². The third kappa shape index (κ3) is 2.80. The van der Waals surface area contributed by atoms with Gasteiger partial charge in [0.05, 0.1) is 12.8 Å². The molecule has 0 saturated heterocycles. The smallest absolute Gasteiger partial charge is 0.147 e. The van der Waals surface area contributed by atoms with Crippen LogP contribution in [0.25, 0.3) is 0 Å². The first kappa shape index (κ1) is 10.3. The summed E-state index contributed by atoms with van der Waals surface area (Å²) in [5.41, 5.74) is 0.414. The Labute approximate surface area is 69.7 Å². The Morgan fingerprint density at radius 1 is 1.64 bits per heavy atom. The Morgan fingerprint density at radius 3 is 2.91 bits per heavy atom. The van der Waals surface area contributed by atoms with Crippen molar-refractivity contribution in [1.82, 2.24) is 4.98 Å². The number of nitrogens with zero attached hydrogens (tertiary/aromatic N) is 1. The first-order chi connectivity index (χ1) is 4.84. The average Bonchev–Trinajstić information content (AvgIpc) is 1.94. The summed E-state index contributed by atoms with van der Waals surface area (Å²) in [6.07, 6.45) is 2.60. The number of hydrogen-bond donors (Lipinski definition) is 1. The summed E-state index contributed by atoms with van der Waals surface area (Å²) in [4.78, 5) is 7.80. The van der Waals surface area contributed by atoms with Gasteiger partial charge in [0, 0.05) is 11.8 Å². The quantitative estimate of drug-likeness (QED) is 0.689. The molecule has 11 heavy (non-hydrogen) atoms. The highest BCUT2D eigenvalue weighted by atomic mass is 35.5. The van der Waals surface area contributed by atoms with E-state index in [9.17, 15) is 4.39 Å². The van der Waals surface area contributed by atoms with Crippen LogP contribution < -0.4 is 5.90 Å². The molecule has 1 aromatic heterocycles. The summed E-state index contributed by atoms with van der Waals surface area (Å²) in [5.74, 6) is 4.35. The van der Waals surface area contributed by atoms with E-state index in [1.54, 1.807) is 0 Å². The second-order valence-electron chi connectivity index (χ2n) is 1.78. The molecule has 0 aliphatic heterocycles. The van der Waals surface area contributed by atoms with Crippen molar-refractivity contribution in [2.45, 2.75) is 6.61 Å². The van der Waals surface area contributed by atoms with Gasteiger partial charge in [0.15, 0.2) is 0 Å². The number of halogens is 2. The van der Waals surface area contributed by atoms with E-state index in [-0.39, 0.29) is 19.0 Å². The molecule has 0 aliphatic rings. The Bertz CT molecular complexity index is 221. The van der Waals surface area contributed by atoms with Gasteiger partial charge in [-0.05, 0) is 6.07 Å². The van der Waals surface area contributed by atoms with E-state index in [1.807, 2.05) is 0 Å². The number of rotatable bonds is 2. The van der Waals surface area contributed by atoms with E-state index in [0.717, 1.165) is 6.20 Å². The first-order valence-electron chi connectivity index (χ1n) is 2.74. The standard InChI is InChI=1S/C6H7FN2O.ClH/c7-6-3-9-2-1-5(6)4-10-8;/h1-3H,4,8H2;1H. The maximum atomic E-state index is 12.6. The van der Waals surface area contributed by atoms with E-state index in [2.05, 4.69) is 9.82 Å². The Morgan fingerprint density at radius 2 is 2.36 bits per heavy atom. The van der Waals surface area contributed by atoms with Crippen LogP contribution in [0.3, 0.4) is 0 Å². The van der Waals surface area contributed by atoms with Gasteiger partial charge < -0.3 is 0 Å². The normalized spacial score (nSPS) is 8.91. The molecule has 0 unspecified atom stereocenters. The van der Waals surface area contributed by atoms with Crippen LogP contribution in [0.2, 0.25) is 0 Å². The molecule has 0 saturated carbocycles. The number of hydrogen-bond acceptors (Lipinski definition) is 3. The fraction of sp³-hybridized carbons (Fsp3) is 0.167. The van der Waals surface area contributed by atoms with E-state index in [4.69, 9.17) is 5.90 Å². The lowest BCUT2D eigenvalue weighted by atomic mass is 10.3. The maximum Gasteiger partial charge on any atom is 0.147 e. The molecule has 0 spiro atoms. The molecule has 0 fully saturated rings. The summed E-state index contributed by atoms with van der Waals surface area (Å²) in [5, 5.41) is 0. The van der Waals surface area contributed by atoms with Gasteiger partial charge in [0.25, 0.3) is 0 Å². The van der Waals surface area contributed by atoms with Crippen molar-refractivity contribution < 1.29 is 9.23 Å².